The van der Waals surface area contributed by atoms with E-state index in [0.717, 1.165) is 24.5 Å². The lowest BCUT2D eigenvalue weighted by molar-refractivity contribution is -0.137. The van der Waals surface area contributed by atoms with Crippen molar-refractivity contribution in [2.75, 3.05) is 5.32 Å². The van der Waals surface area contributed by atoms with E-state index in [0.29, 0.717) is 22.9 Å². The number of aromatic nitrogens is 2. The van der Waals surface area contributed by atoms with Gasteiger partial charge in [-0.2, -0.15) is 0 Å². The molecule has 3 aromatic rings. The predicted octanol–water partition coefficient (Wildman–Crippen LogP) is 6.27. The molecule has 0 saturated heterocycles. The van der Waals surface area contributed by atoms with Crippen LogP contribution >= 0.6 is 11.6 Å². The molecule has 1 amide bonds. The fourth-order valence-electron chi connectivity index (χ4n) is 3.94. The van der Waals surface area contributed by atoms with Crippen LogP contribution in [-0.4, -0.2) is 27.3 Å². The highest BCUT2D eigenvalue weighted by atomic mass is 35.5. The topological polar surface area (TPSA) is 118 Å². The molecule has 1 aromatic carbocycles. The van der Waals surface area contributed by atoms with Crippen LogP contribution in [0.5, 0.6) is 0 Å². The van der Waals surface area contributed by atoms with Gasteiger partial charge in [0, 0.05) is 40.8 Å². The van der Waals surface area contributed by atoms with Gasteiger partial charge in [0.2, 0.25) is 5.91 Å². The number of hydrogen-bond acceptors (Lipinski definition) is 6. The van der Waals surface area contributed by atoms with E-state index in [9.17, 15) is 19.1 Å². The third-order valence-corrected chi connectivity index (χ3v) is 6.19. The number of nitrogens with one attached hydrogen (secondary N) is 1. The molecule has 10 heteroatoms. The quantitative estimate of drug-likeness (QED) is 0.353. The first kappa shape index (κ1) is 24.9. The number of rotatable bonds is 9. The highest BCUT2D eigenvalue weighted by Gasteiger charge is 2.37. The van der Waals surface area contributed by atoms with E-state index in [1.807, 2.05) is 26.8 Å². The lowest BCUT2D eigenvalue weighted by atomic mass is 9.89. The minimum Gasteiger partial charge on any atom is -0.481 e. The van der Waals surface area contributed by atoms with Crippen molar-refractivity contribution in [1.29, 1.82) is 0 Å². The fourth-order valence-corrected chi connectivity index (χ4v) is 4.10. The van der Waals surface area contributed by atoms with E-state index in [-0.39, 0.29) is 41.3 Å². The smallest absolute Gasteiger partial charge is 0.303 e. The minimum atomic E-state index is -0.984. The monoisotopic (exact) mass is 503 g/mol. The van der Waals surface area contributed by atoms with Gasteiger partial charge in [-0.05, 0) is 43.4 Å². The maximum Gasteiger partial charge on any atom is 0.303 e. The first-order valence-electron chi connectivity index (χ1n) is 11.5. The number of carbonyl (C=O) groups is 2. The van der Waals surface area contributed by atoms with Crippen molar-refractivity contribution in [1.82, 2.24) is 10.3 Å². The van der Waals surface area contributed by atoms with Crippen molar-refractivity contribution < 1.29 is 28.1 Å². The normalized spacial score (nSPS) is 14.7. The van der Waals surface area contributed by atoms with Crippen molar-refractivity contribution in [2.24, 2.45) is 0 Å². The van der Waals surface area contributed by atoms with Gasteiger partial charge in [0.25, 0.3) is 0 Å². The Morgan fingerprint density at radius 1 is 1.23 bits per heavy atom. The second-order valence-corrected chi connectivity index (χ2v) is 10.4. The SMILES string of the molecule is CC(C)(C)c1cc(-c2onc([C@@H](CCC(=O)O)CC(=O)Nc3ccc(Cl)cc3F)c2C2CC2)no1. The molecule has 0 unspecified atom stereocenters. The molecule has 1 atom stereocenters. The van der Waals surface area contributed by atoms with Crippen molar-refractivity contribution in [3.63, 3.8) is 0 Å². The lowest BCUT2D eigenvalue weighted by Crippen LogP contribution is -2.18. The van der Waals surface area contributed by atoms with Crippen LogP contribution in [0, 0.1) is 5.82 Å². The number of hydrogen-bond donors (Lipinski definition) is 2. The average Bonchev–Trinajstić information content (AvgIpc) is 3.30. The Bertz CT molecular complexity index is 1240. The number of halogens is 2. The maximum atomic E-state index is 14.2. The Kier molecular flexibility index (Phi) is 6.98. The van der Waals surface area contributed by atoms with Crippen LogP contribution in [0.2, 0.25) is 5.02 Å². The summed E-state index contributed by atoms with van der Waals surface area (Å²) in [6.07, 6.45) is 1.78. The van der Waals surface area contributed by atoms with Crippen molar-refractivity contribution >= 4 is 29.2 Å². The van der Waals surface area contributed by atoms with Crippen molar-refractivity contribution in [2.45, 2.75) is 70.1 Å². The molecular weight excluding hydrogens is 477 g/mol. The molecule has 2 heterocycles. The molecule has 0 radical (unpaired) electrons. The van der Waals surface area contributed by atoms with E-state index in [1.54, 1.807) is 0 Å². The van der Waals surface area contributed by atoms with Crippen LogP contribution in [0.4, 0.5) is 10.1 Å². The van der Waals surface area contributed by atoms with E-state index in [4.69, 9.17) is 20.6 Å². The number of carboxylic acids is 1. The molecule has 1 aliphatic carbocycles. The standard InChI is InChI=1S/C25H27ClFN3O5/c1-25(2,3)19-12-18(29-34-19)24-22(13-4-5-13)23(30-35-24)14(6-9-21(32)33)10-20(31)28-17-8-7-15(26)11-16(17)27/h7-8,11-14H,4-6,9-10H2,1-3H3,(H,28,31)(H,32,33)/t14-/m0/s1. The van der Waals surface area contributed by atoms with Gasteiger partial charge in [0.05, 0.1) is 11.4 Å². The second-order valence-electron chi connectivity index (χ2n) is 9.92. The zero-order valence-corrected chi connectivity index (χ0v) is 20.5. The molecule has 1 saturated carbocycles. The van der Waals surface area contributed by atoms with Crippen molar-refractivity contribution in [3.05, 3.63) is 52.1 Å². The summed E-state index contributed by atoms with van der Waals surface area (Å²) in [5, 5.41) is 20.5. The average molecular weight is 504 g/mol. The molecule has 0 bridgehead atoms. The van der Waals surface area contributed by atoms with Gasteiger partial charge in [-0.1, -0.05) is 42.7 Å². The van der Waals surface area contributed by atoms with Crippen LogP contribution in [0.15, 0.2) is 33.3 Å². The zero-order chi connectivity index (χ0) is 25.3. The molecular formula is C25H27ClFN3O5. The van der Waals surface area contributed by atoms with Gasteiger partial charge >= 0.3 is 5.97 Å². The third-order valence-electron chi connectivity index (χ3n) is 5.95. The number of aliphatic carboxylic acids is 1. The predicted molar refractivity (Wildman–Crippen MR) is 127 cm³/mol. The van der Waals surface area contributed by atoms with Crippen LogP contribution < -0.4 is 5.32 Å². The maximum absolute atomic E-state index is 14.2. The molecule has 1 aliphatic rings. The van der Waals surface area contributed by atoms with E-state index in [1.165, 1.54) is 12.1 Å². The summed E-state index contributed by atoms with van der Waals surface area (Å²) in [7, 11) is 0. The number of benzene rings is 1. The molecule has 8 nitrogen and oxygen atoms in total. The zero-order valence-electron chi connectivity index (χ0n) is 19.7. The highest BCUT2D eigenvalue weighted by Crippen LogP contribution is 2.49. The van der Waals surface area contributed by atoms with Crippen LogP contribution in [0.1, 0.15) is 81.7 Å². The van der Waals surface area contributed by atoms with Crippen molar-refractivity contribution in [3.8, 4) is 11.5 Å². The summed E-state index contributed by atoms with van der Waals surface area (Å²) >= 11 is 5.78. The van der Waals surface area contributed by atoms with Gasteiger partial charge in [-0.15, -0.1) is 0 Å². The Morgan fingerprint density at radius 3 is 2.57 bits per heavy atom. The van der Waals surface area contributed by atoms with Gasteiger partial charge < -0.3 is 19.5 Å². The number of nitrogens with zero attached hydrogens (tertiary/aromatic N) is 2. The van der Waals surface area contributed by atoms with Crippen LogP contribution in [-0.2, 0) is 15.0 Å². The molecule has 35 heavy (non-hydrogen) atoms. The summed E-state index contributed by atoms with van der Waals surface area (Å²) < 4.78 is 25.4. The summed E-state index contributed by atoms with van der Waals surface area (Å²) in [6.45, 7) is 6.03. The molecule has 0 aliphatic heterocycles. The third kappa shape index (κ3) is 5.90. The number of carbonyl (C=O) groups excluding carboxylic acids is 1. The van der Waals surface area contributed by atoms with E-state index >= 15 is 0 Å². The Labute approximate surface area is 206 Å². The first-order valence-corrected chi connectivity index (χ1v) is 11.8. The summed E-state index contributed by atoms with van der Waals surface area (Å²) in [6, 6.07) is 5.78. The van der Waals surface area contributed by atoms with Crippen LogP contribution in [0.3, 0.4) is 0 Å². The summed E-state index contributed by atoms with van der Waals surface area (Å²) in [4.78, 5) is 24.1. The summed E-state index contributed by atoms with van der Waals surface area (Å²) in [5.41, 5.74) is 1.64. The van der Waals surface area contributed by atoms with Gasteiger partial charge in [-0.25, -0.2) is 4.39 Å². The minimum absolute atomic E-state index is 0.00282. The number of carboxylic acid groups (broad SMARTS) is 1. The van der Waals surface area contributed by atoms with E-state index < -0.39 is 23.6 Å². The number of amides is 1. The Balaban J connectivity index is 1.63. The highest BCUT2D eigenvalue weighted by molar-refractivity contribution is 6.30. The molecule has 1 fully saturated rings. The fraction of sp³-hybridized carbons (Fsp3) is 0.440. The van der Waals surface area contributed by atoms with Gasteiger partial charge in [0.15, 0.2) is 11.5 Å². The molecule has 2 N–H and O–H groups in total. The Morgan fingerprint density at radius 2 is 1.97 bits per heavy atom. The number of anilines is 1. The second kappa shape index (κ2) is 9.81. The summed E-state index contributed by atoms with van der Waals surface area (Å²) in [5.74, 6) is -1.29. The Hall–Kier alpha value is -3.20. The lowest BCUT2D eigenvalue weighted by Gasteiger charge is -2.15. The van der Waals surface area contributed by atoms with Gasteiger partial charge in [0.1, 0.15) is 11.6 Å². The molecule has 4 rings (SSSR count). The molecule has 0 spiro atoms. The molecule has 186 valence electrons. The van der Waals surface area contributed by atoms with E-state index in [2.05, 4.69) is 15.6 Å². The van der Waals surface area contributed by atoms with Crippen LogP contribution in [0.25, 0.3) is 11.5 Å². The van der Waals surface area contributed by atoms with Gasteiger partial charge in [-0.3, -0.25) is 9.59 Å². The molecule has 2 aromatic heterocycles. The largest absolute Gasteiger partial charge is 0.481 e. The first-order chi connectivity index (χ1) is 16.5.